The number of nitrogens with zero attached hydrogens (tertiary/aromatic N) is 2. The molecule has 1 rings (SSSR count). The molecule has 0 aliphatic rings. The van der Waals surface area contributed by atoms with Crippen LogP contribution in [0.25, 0.3) is 0 Å². The Morgan fingerprint density at radius 2 is 1.91 bits per heavy atom. The minimum atomic E-state index is -0.0404. The molecule has 126 valence electrons. The Kier molecular flexibility index (Phi) is 9.15. The molecule has 0 aliphatic heterocycles. The third kappa shape index (κ3) is 7.15. The summed E-state index contributed by atoms with van der Waals surface area (Å²) in [7, 11) is 3.43. The number of carbonyl (C=O) groups is 1. The molecule has 1 heterocycles. The van der Waals surface area contributed by atoms with E-state index in [4.69, 9.17) is 4.42 Å². The monoisotopic (exact) mass is 422 g/mol. The molecule has 0 bridgehead atoms. The smallest absolute Gasteiger partial charge is 0.243 e. The fourth-order valence-corrected chi connectivity index (χ4v) is 1.66. The summed E-state index contributed by atoms with van der Waals surface area (Å²) in [6.45, 7) is 8.05. The predicted octanol–water partition coefficient (Wildman–Crippen LogP) is 2.30. The molecular weight excluding hydrogens is 395 g/mol. The van der Waals surface area contributed by atoms with E-state index >= 15 is 0 Å². The van der Waals surface area contributed by atoms with Crippen LogP contribution in [0.3, 0.4) is 0 Å². The number of amides is 1. The summed E-state index contributed by atoms with van der Waals surface area (Å²) in [6.07, 6.45) is 0. The van der Waals surface area contributed by atoms with Gasteiger partial charge in [-0.05, 0) is 39.8 Å². The van der Waals surface area contributed by atoms with Crippen LogP contribution in [0.15, 0.2) is 21.5 Å². The first-order chi connectivity index (χ1) is 9.79. The summed E-state index contributed by atoms with van der Waals surface area (Å²) < 4.78 is 5.59. The molecule has 1 aromatic heterocycles. The lowest BCUT2D eigenvalue weighted by Gasteiger charge is -2.19. The van der Waals surface area contributed by atoms with Crippen LogP contribution in [0.4, 0.5) is 0 Å². The van der Waals surface area contributed by atoms with Crippen molar-refractivity contribution in [1.29, 1.82) is 0 Å². The lowest BCUT2D eigenvalue weighted by Crippen LogP contribution is -2.42. The Labute approximate surface area is 149 Å². The maximum atomic E-state index is 11.6. The summed E-state index contributed by atoms with van der Waals surface area (Å²) in [5, 5.41) is 6.45. The van der Waals surface area contributed by atoms with Crippen LogP contribution < -0.4 is 10.6 Å². The quantitative estimate of drug-likeness (QED) is 0.434. The van der Waals surface area contributed by atoms with Crippen LogP contribution in [0, 0.1) is 6.92 Å². The van der Waals surface area contributed by atoms with Crippen molar-refractivity contribution >= 4 is 35.8 Å². The normalized spacial score (nSPS) is 12.6. The topological polar surface area (TPSA) is 69.9 Å². The zero-order chi connectivity index (χ0) is 16.0. The number of rotatable bonds is 5. The van der Waals surface area contributed by atoms with Gasteiger partial charge < -0.3 is 20.0 Å². The van der Waals surface area contributed by atoms with Gasteiger partial charge in [0.2, 0.25) is 5.91 Å². The second kappa shape index (κ2) is 9.70. The predicted molar refractivity (Wildman–Crippen MR) is 99.7 cm³/mol. The van der Waals surface area contributed by atoms with Gasteiger partial charge in [-0.25, -0.2) is 4.99 Å². The molecule has 0 aromatic carbocycles. The molecular formula is C15H27IN4O2. The third-order valence-corrected chi connectivity index (χ3v) is 2.84. The summed E-state index contributed by atoms with van der Waals surface area (Å²) in [5.74, 6) is 2.27. The summed E-state index contributed by atoms with van der Waals surface area (Å²) in [6, 6.07) is 4.05. The number of carbonyl (C=O) groups excluding carboxylic acids is 1. The zero-order valence-electron chi connectivity index (χ0n) is 14.1. The maximum absolute atomic E-state index is 11.6. The molecule has 6 nitrogen and oxygen atoms in total. The van der Waals surface area contributed by atoms with Crippen molar-refractivity contribution in [3.05, 3.63) is 23.7 Å². The average molecular weight is 422 g/mol. The third-order valence-electron chi connectivity index (χ3n) is 2.84. The van der Waals surface area contributed by atoms with E-state index in [1.165, 1.54) is 4.90 Å². The molecule has 22 heavy (non-hydrogen) atoms. The van der Waals surface area contributed by atoms with E-state index < -0.39 is 0 Å². The minimum Gasteiger partial charge on any atom is -0.464 e. The lowest BCUT2D eigenvalue weighted by atomic mass is 10.2. The van der Waals surface area contributed by atoms with Gasteiger partial charge in [-0.2, -0.15) is 0 Å². The van der Waals surface area contributed by atoms with Gasteiger partial charge in [-0.15, -0.1) is 24.0 Å². The number of hydrogen-bond donors (Lipinski definition) is 2. The highest BCUT2D eigenvalue weighted by atomic mass is 127. The first-order valence-electron chi connectivity index (χ1n) is 7.13. The molecule has 0 radical (unpaired) electrons. The van der Waals surface area contributed by atoms with E-state index in [0.29, 0.717) is 5.96 Å². The van der Waals surface area contributed by atoms with Crippen molar-refractivity contribution in [2.45, 2.75) is 39.8 Å². The van der Waals surface area contributed by atoms with Crippen LogP contribution in [-0.4, -0.2) is 43.4 Å². The van der Waals surface area contributed by atoms with Crippen molar-refractivity contribution < 1.29 is 9.21 Å². The van der Waals surface area contributed by atoms with Crippen LogP contribution in [0.1, 0.15) is 38.3 Å². The van der Waals surface area contributed by atoms with Crippen molar-refractivity contribution in [1.82, 2.24) is 15.5 Å². The van der Waals surface area contributed by atoms with Crippen molar-refractivity contribution in [2.24, 2.45) is 4.99 Å². The number of aliphatic imine (C=N–C) groups is 1. The van der Waals surface area contributed by atoms with Gasteiger partial charge in [0.25, 0.3) is 0 Å². The number of furan rings is 1. The number of guanidine groups is 1. The van der Waals surface area contributed by atoms with Gasteiger partial charge in [-0.1, -0.05) is 0 Å². The van der Waals surface area contributed by atoms with E-state index in [1.54, 1.807) is 14.1 Å². The average Bonchev–Trinajstić information content (AvgIpc) is 2.81. The highest BCUT2D eigenvalue weighted by molar-refractivity contribution is 14.0. The van der Waals surface area contributed by atoms with Crippen molar-refractivity contribution in [2.75, 3.05) is 20.6 Å². The number of likely N-dealkylation sites (N-methyl/N-ethyl adjacent to an activating group) is 1. The fourth-order valence-electron chi connectivity index (χ4n) is 1.66. The van der Waals surface area contributed by atoms with E-state index in [2.05, 4.69) is 15.6 Å². The van der Waals surface area contributed by atoms with Gasteiger partial charge in [0.15, 0.2) is 5.96 Å². The molecule has 7 heteroatoms. The minimum absolute atomic E-state index is 0. The number of hydrogen-bond acceptors (Lipinski definition) is 3. The first kappa shape index (κ1) is 20.8. The van der Waals surface area contributed by atoms with Crippen molar-refractivity contribution in [3.8, 4) is 0 Å². The van der Waals surface area contributed by atoms with Gasteiger partial charge in [0.1, 0.15) is 18.1 Å². The number of aryl methyl sites for hydroxylation is 1. The molecule has 2 N–H and O–H groups in total. The van der Waals surface area contributed by atoms with Crippen LogP contribution >= 0.6 is 24.0 Å². The van der Waals surface area contributed by atoms with Gasteiger partial charge in [-0.3, -0.25) is 4.79 Å². The van der Waals surface area contributed by atoms with Crippen LogP contribution in [0.5, 0.6) is 0 Å². The highest BCUT2D eigenvalue weighted by Crippen LogP contribution is 2.15. The van der Waals surface area contributed by atoms with Crippen LogP contribution in [0.2, 0.25) is 0 Å². The second-order valence-corrected chi connectivity index (χ2v) is 5.57. The van der Waals surface area contributed by atoms with E-state index in [-0.39, 0.29) is 48.5 Å². The highest BCUT2D eigenvalue weighted by Gasteiger charge is 2.13. The van der Waals surface area contributed by atoms with E-state index in [0.717, 1.165) is 11.5 Å². The Morgan fingerprint density at radius 3 is 2.36 bits per heavy atom. The first-order valence-corrected chi connectivity index (χ1v) is 7.13. The molecule has 1 unspecified atom stereocenters. The number of nitrogens with one attached hydrogen (secondary N) is 2. The molecule has 1 aromatic rings. The molecule has 0 saturated carbocycles. The molecule has 0 aliphatic carbocycles. The standard InChI is InChI=1S/C15H26N4O2.HI/c1-10(2)17-15(16-9-14(20)19(5)6)18-12(4)13-8-7-11(3)21-13;/h7-8,10,12H,9H2,1-6H3,(H2,16,17,18);1H. The fraction of sp³-hybridized carbons (Fsp3) is 0.600. The van der Waals surface area contributed by atoms with Gasteiger partial charge >= 0.3 is 0 Å². The Balaban J connectivity index is 0.00000441. The molecule has 0 saturated heterocycles. The van der Waals surface area contributed by atoms with E-state index in [9.17, 15) is 4.79 Å². The summed E-state index contributed by atoms with van der Waals surface area (Å²) in [5.41, 5.74) is 0. The van der Waals surface area contributed by atoms with Crippen LogP contribution in [-0.2, 0) is 4.79 Å². The lowest BCUT2D eigenvalue weighted by molar-refractivity contribution is -0.127. The van der Waals surface area contributed by atoms with E-state index in [1.807, 2.05) is 39.8 Å². The second-order valence-electron chi connectivity index (χ2n) is 5.57. The van der Waals surface area contributed by atoms with Gasteiger partial charge in [0, 0.05) is 20.1 Å². The van der Waals surface area contributed by atoms with Crippen molar-refractivity contribution in [3.63, 3.8) is 0 Å². The van der Waals surface area contributed by atoms with Gasteiger partial charge in [0.05, 0.1) is 6.04 Å². The molecule has 1 amide bonds. The Morgan fingerprint density at radius 1 is 1.27 bits per heavy atom. The summed E-state index contributed by atoms with van der Waals surface area (Å²) in [4.78, 5) is 17.5. The summed E-state index contributed by atoms with van der Waals surface area (Å²) >= 11 is 0. The molecule has 0 fully saturated rings. The Hall–Kier alpha value is -1.25. The molecule has 1 atom stereocenters. The molecule has 0 spiro atoms. The maximum Gasteiger partial charge on any atom is 0.243 e. The number of halogens is 1. The Bertz CT molecular complexity index is 497. The zero-order valence-corrected chi connectivity index (χ0v) is 16.5. The largest absolute Gasteiger partial charge is 0.464 e. The SMILES string of the molecule is Cc1ccc(C(C)NC(=NCC(=O)N(C)C)NC(C)C)o1.I.